The summed E-state index contributed by atoms with van der Waals surface area (Å²) >= 11 is 2.89. The van der Waals surface area contributed by atoms with E-state index >= 15 is 4.79 Å². The fourth-order valence-electron chi connectivity index (χ4n) is 9.47. The highest BCUT2D eigenvalue weighted by Gasteiger charge is 2.40. The standard InChI is InChI=1S/C54H62O4S2/c1-8-10-34(7)36-20-24-43(25-21-36)59-45-30-41(28-32(3)4)51(55)49-47(45)53(57)48-46(31-42(29-33(5)6)52(56)50(48)54(49)58)60-44-26-22-40(23-27-44)39-18-16-38(17-19-39)37-14-12-35(11-9-2)13-15-37/h16-27,30-35,37,55-56H,8-15,28-29H2,1-7H3. The van der Waals surface area contributed by atoms with Crippen LogP contribution in [0, 0.1) is 17.8 Å². The van der Waals surface area contributed by atoms with Crippen LogP contribution in [0.25, 0.3) is 11.1 Å². The van der Waals surface area contributed by atoms with E-state index in [1.165, 1.54) is 78.7 Å². The van der Waals surface area contributed by atoms with E-state index in [4.69, 9.17) is 0 Å². The number of benzene rings is 5. The lowest BCUT2D eigenvalue weighted by Crippen LogP contribution is -2.24. The Kier molecular flexibility index (Phi) is 14.0. The summed E-state index contributed by atoms with van der Waals surface area (Å²) in [5, 5.41) is 23.6. The molecule has 1 atom stereocenters. The molecule has 2 aliphatic rings. The first-order chi connectivity index (χ1) is 28.9. The molecule has 0 aliphatic heterocycles. The van der Waals surface area contributed by atoms with Crippen molar-refractivity contribution in [2.24, 2.45) is 17.8 Å². The van der Waals surface area contributed by atoms with Crippen molar-refractivity contribution in [1.29, 1.82) is 0 Å². The van der Waals surface area contributed by atoms with E-state index in [-0.39, 0.29) is 51.4 Å². The lowest BCUT2D eigenvalue weighted by atomic mass is 9.77. The molecule has 0 radical (unpaired) electrons. The highest BCUT2D eigenvalue weighted by Crippen LogP contribution is 2.49. The average Bonchev–Trinajstić information content (AvgIpc) is 3.23. The van der Waals surface area contributed by atoms with Gasteiger partial charge in [0.05, 0.1) is 22.3 Å². The van der Waals surface area contributed by atoms with Gasteiger partial charge in [-0.05, 0) is 144 Å². The van der Waals surface area contributed by atoms with E-state index in [1.807, 2.05) is 12.1 Å². The van der Waals surface area contributed by atoms with Crippen molar-refractivity contribution in [2.45, 2.75) is 144 Å². The van der Waals surface area contributed by atoms with Gasteiger partial charge in [0.1, 0.15) is 11.5 Å². The van der Waals surface area contributed by atoms with Crippen LogP contribution in [0.15, 0.2) is 105 Å². The number of rotatable bonds is 15. The number of phenolic OH excluding ortho intramolecular Hbond substituents is 2. The quantitative estimate of drug-likeness (QED) is 0.107. The normalized spacial score (nSPS) is 16.9. The first-order valence-electron chi connectivity index (χ1n) is 22.4. The van der Waals surface area contributed by atoms with Crippen LogP contribution in [0.3, 0.4) is 0 Å². The summed E-state index contributed by atoms with van der Waals surface area (Å²) in [5.41, 5.74) is 6.64. The number of aromatic hydroxyl groups is 2. The smallest absolute Gasteiger partial charge is 0.202 e. The second-order valence-corrected chi connectivity index (χ2v) is 20.5. The number of ketones is 2. The maximum Gasteiger partial charge on any atom is 0.202 e. The molecule has 7 rings (SSSR count). The van der Waals surface area contributed by atoms with Crippen LogP contribution >= 0.6 is 23.5 Å². The molecule has 0 spiro atoms. The van der Waals surface area contributed by atoms with Crippen LogP contribution in [-0.2, 0) is 12.8 Å². The van der Waals surface area contributed by atoms with Gasteiger partial charge in [0, 0.05) is 19.6 Å². The minimum Gasteiger partial charge on any atom is -0.507 e. The Labute approximate surface area is 367 Å². The van der Waals surface area contributed by atoms with Crippen molar-refractivity contribution in [1.82, 2.24) is 0 Å². The van der Waals surface area contributed by atoms with Crippen molar-refractivity contribution in [3.05, 3.63) is 129 Å². The fourth-order valence-corrected chi connectivity index (χ4v) is 11.5. The van der Waals surface area contributed by atoms with Crippen LogP contribution < -0.4 is 0 Å². The number of hydrogen-bond donors (Lipinski definition) is 2. The Bertz CT molecular complexity index is 2310. The van der Waals surface area contributed by atoms with Crippen LogP contribution in [0.1, 0.15) is 166 Å². The molecule has 1 fully saturated rings. The molecule has 0 aromatic heterocycles. The van der Waals surface area contributed by atoms with Crippen molar-refractivity contribution < 1.29 is 19.8 Å². The molecule has 60 heavy (non-hydrogen) atoms. The highest BCUT2D eigenvalue weighted by atomic mass is 32.2. The molecule has 0 heterocycles. The topological polar surface area (TPSA) is 74.6 Å². The molecular weight excluding hydrogens is 777 g/mol. The third-order valence-corrected chi connectivity index (χ3v) is 14.7. The molecule has 314 valence electrons. The Morgan fingerprint density at radius 1 is 0.583 bits per heavy atom. The summed E-state index contributed by atoms with van der Waals surface area (Å²) in [6.07, 6.45) is 11.2. The minimum absolute atomic E-state index is 0.00571. The molecule has 0 amide bonds. The number of hydrogen-bond acceptors (Lipinski definition) is 6. The van der Waals surface area contributed by atoms with Crippen LogP contribution in [0.5, 0.6) is 11.5 Å². The van der Waals surface area contributed by atoms with Gasteiger partial charge in [-0.2, -0.15) is 0 Å². The second kappa shape index (κ2) is 19.2. The van der Waals surface area contributed by atoms with Crippen molar-refractivity contribution in [3.8, 4) is 22.6 Å². The summed E-state index contributed by atoms with van der Waals surface area (Å²) < 4.78 is 0. The zero-order valence-electron chi connectivity index (χ0n) is 36.6. The zero-order valence-corrected chi connectivity index (χ0v) is 38.2. The third kappa shape index (κ3) is 9.45. The molecule has 2 N–H and O–H groups in total. The maximum absolute atomic E-state index is 15.1. The molecule has 2 aliphatic carbocycles. The average molecular weight is 839 g/mol. The predicted molar refractivity (Wildman–Crippen MR) is 250 cm³/mol. The maximum atomic E-state index is 15.1. The predicted octanol–water partition coefficient (Wildman–Crippen LogP) is 15.2. The van der Waals surface area contributed by atoms with Crippen molar-refractivity contribution in [2.75, 3.05) is 0 Å². The molecule has 0 saturated heterocycles. The Morgan fingerprint density at radius 2 is 1.03 bits per heavy atom. The monoisotopic (exact) mass is 838 g/mol. The number of carbonyl (C=O) groups excluding carboxylic acids is 2. The number of fused-ring (bicyclic) bond motifs is 2. The van der Waals surface area contributed by atoms with Crippen LogP contribution in [0.2, 0.25) is 0 Å². The molecule has 5 aromatic rings. The fraction of sp³-hybridized carbons (Fsp3) is 0.407. The van der Waals surface area contributed by atoms with E-state index in [1.54, 1.807) is 0 Å². The molecule has 0 bridgehead atoms. The third-order valence-electron chi connectivity index (χ3n) is 12.6. The lowest BCUT2D eigenvalue weighted by Gasteiger charge is -2.28. The number of carbonyl (C=O) groups is 2. The van der Waals surface area contributed by atoms with E-state index in [0.717, 1.165) is 34.1 Å². The summed E-state index contributed by atoms with van der Waals surface area (Å²) in [5.74, 6) is 1.19. The Morgan fingerprint density at radius 3 is 1.48 bits per heavy atom. The summed E-state index contributed by atoms with van der Waals surface area (Å²) in [7, 11) is 0. The Hall–Kier alpha value is -4.26. The first kappa shape index (κ1) is 43.8. The lowest BCUT2D eigenvalue weighted by molar-refractivity contribution is 0.0969. The van der Waals surface area contributed by atoms with Crippen molar-refractivity contribution in [3.63, 3.8) is 0 Å². The van der Waals surface area contributed by atoms with Gasteiger partial charge in [-0.25, -0.2) is 0 Å². The molecule has 4 nitrogen and oxygen atoms in total. The van der Waals surface area contributed by atoms with E-state index in [0.29, 0.717) is 45.6 Å². The summed E-state index contributed by atoms with van der Waals surface area (Å²) in [6.45, 7) is 15.0. The SMILES string of the molecule is CCCC1CCC(c2ccc(-c3ccc(Sc4cc(CC(C)C)c(O)c5c4C(=O)c4c(Sc6ccc(C(C)CCC)cc6)cc(CC(C)C)c(O)c4C5=O)cc3)cc2)CC1. The molecule has 1 saturated carbocycles. The van der Waals surface area contributed by atoms with Gasteiger partial charge in [0.2, 0.25) is 5.78 Å². The largest absolute Gasteiger partial charge is 0.507 e. The van der Waals surface area contributed by atoms with Crippen LogP contribution in [0.4, 0.5) is 0 Å². The minimum atomic E-state index is -0.508. The van der Waals surface area contributed by atoms with E-state index in [9.17, 15) is 15.0 Å². The highest BCUT2D eigenvalue weighted by molar-refractivity contribution is 7.99. The molecule has 5 aromatic carbocycles. The molecule has 1 unspecified atom stereocenters. The van der Waals surface area contributed by atoms with Gasteiger partial charge in [0.15, 0.2) is 5.78 Å². The van der Waals surface area contributed by atoms with Gasteiger partial charge in [-0.15, -0.1) is 0 Å². The van der Waals surface area contributed by atoms with Gasteiger partial charge in [-0.3, -0.25) is 9.59 Å². The molecular formula is C54H62O4S2. The molecule has 6 heteroatoms. The number of phenols is 2. The second-order valence-electron chi connectivity index (χ2n) is 18.2. The first-order valence-corrected chi connectivity index (χ1v) is 24.0. The van der Waals surface area contributed by atoms with Gasteiger partial charge < -0.3 is 10.2 Å². The zero-order chi connectivity index (χ0) is 42.7. The van der Waals surface area contributed by atoms with E-state index in [2.05, 4.69) is 121 Å². The summed E-state index contributed by atoms with van der Waals surface area (Å²) in [6, 6.07) is 29.7. The van der Waals surface area contributed by atoms with E-state index < -0.39 is 5.78 Å². The summed E-state index contributed by atoms with van der Waals surface area (Å²) in [4.78, 5) is 33.1. The Balaban J connectivity index is 1.23. The van der Waals surface area contributed by atoms with Crippen LogP contribution in [-0.4, -0.2) is 21.8 Å². The van der Waals surface area contributed by atoms with Gasteiger partial charge >= 0.3 is 0 Å². The van der Waals surface area contributed by atoms with Gasteiger partial charge in [0.25, 0.3) is 0 Å². The van der Waals surface area contributed by atoms with Gasteiger partial charge in [-0.1, -0.05) is 140 Å². The van der Waals surface area contributed by atoms with Crippen molar-refractivity contribution >= 4 is 35.1 Å².